The fraction of sp³-hybridized carbons (Fsp3) is 0.400. The van der Waals surface area contributed by atoms with E-state index in [0.717, 1.165) is 19.3 Å². The number of allylic oxidation sites excluding steroid dienone is 2. The lowest BCUT2D eigenvalue weighted by atomic mass is 9.93. The molecule has 1 aromatic rings. The van der Waals surface area contributed by atoms with Gasteiger partial charge in [0.1, 0.15) is 0 Å². The standard InChI is InChI=1S/C15H19N3O2/c1-11(19)17-13-8-5-9-16-15(13)18-14(20)10-12-6-3-2-4-7-12/h3,5-6,8-9,12H,2,4,7,10H2,1H3,(H,17,19)(H,16,18,20). The maximum atomic E-state index is 12.0. The number of nitrogens with zero attached hydrogens (tertiary/aromatic N) is 1. The van der Waals surface area contributed by atoms with Crippen molar-refractivity contribution in [3.63, 3.8) is 0 Å². The van der Waals surface area contributed by atoms with Crippen LogP contribution < -0.4 is 10.6 Å². The summed E-state index contributed by atoms with van der Waals surface area (Å²) in [6.45, 7) is 1.42. The van der Waals surface area contributed by atoms with Gasteiger partial charge in [0.05, 0.1) is 5.69 Å². The molecule has 0 fully saturated rings. The second kappa shape index (κ2) is 6.84. The topological polar surface area (TPSA) is 71.1 Å². The second-order valence-electron chi connectivity index (χ2n) is 4.95. The van der Waals surface area contributed by atoms with Crippen LogP contribution >= 0.6 is 0 Å². The summed E-state index contributed by atoms with van der Waals surface area (Å²) in [5.41, 5.74) is 0.521. The molecule has 1 heterocycles. The summed E-state index contributed by atoms with van der Waals surface area (Å²) in [5.74, 6) is 0.430. The smallest absolute Gasteiger partial charge is 0.226 e. The molecule has 2 N–H and O–H groups in total. The third-order valence-electron chi connectivity index (χ3n) is 3.18. The number of anilines is 2. The highest BCUT2D eigenvalue weighted by Crippen LogP contribution is 2.22. The van der Waals surface area contributed by atoms with Crippen molar-refractivity contribution in [3.05, 3.63) is 30.5 Å². The summed E-state index contributed by atoms with van der Waals surface area (Å²) in [4.78, 5) is 27.2. The lowest BCUT2D eigenvalue weighted by Gasteiger charge is -2.16. The molecule has 20 heavy (non-hydrogen) atoms. The van der Waals surface area contributed by atoms with Gasteiger partial charge >= 0.3 is 0 Å². The Hall–Kier alpha value is -2.17. The number of hydrogen-bond donors (Lipinski definition) is 2. The summed E-state index contributed by atoms with van der Waals surface area (Å²) in [7, 11) is 0. The fourth-order valence-corrected chi connectivity index (χ4v) is 2.27. The van der Waals surface area contributed by atoms with Crippen LogP contribution in [0.2, 0.25) is 0 Å². The highest BCUT2D eigenvalue weighted by atomic mass is 16.2. The Morgan fingerprint density at radius 1 is 1.40 bits per heavy atom. The monoisotopic (exact) mass is 273 g/mol. The molecule has 0 aliphatic heterocycles. The molecule has 2 amide bonds. The minimum atomic E-state index is -0.191. The van der Waals surface area contributed by atoms with E-state index in [1.165, 1.54) is 6.92 Å². The van der Waals surface area contributed by atoms with Gasteiger partial charge in [-0.15, -0.1) is 0 Å². The normalized spacial score (nSPS) is 17.6. The Labute approximate surface area is 118 Å². The summed E-state index contributed by atoms with van der Waals surface area (Å²) < 4.78 is 0. The molecular formula is C15H19N3O2. The van der Waals surface area contributed by atoms with E-state index in [-0.39, 0.29) is 11.8 Å². The minimum absolute atomic E-state index is 0.0770. The number of pyridine rings is 1. The second-order valence-corrected chi connectivity index (χ2v) is 4.95. The van der Waals surface area contributed by atoms with E-state index in [1.54, 1.807) is 18.3 Å². The Bertz CT molecular complexity index is 526. The number of rotatable bonds is 4. The minimum Gasteiger partial charge on any atom is -0.323 e. The van der Waals surface area contributed by atoms with E-state index in [4.69, 9.17) is 0 Å². The van der Waals surface area contributed by atoms with E-state index in [2.05, 4.69) is 27.8 Å². The number of amides is 2. The summed E-state index contributed by atoms with van der Waals surface area (Å²) in [5, 5.41) is 5.42. The molecule has 2 rings (SSSR count). The predicted molar refractivity (Wildman–Crippen MR) is 78.3 cm³/mol. The zero-order valence-electron chi connectivity index (χ0n) is 11.6. The predicted octanol–water partition coefficient (Wildman–Crippen LogP) is 2.72. The molecule has 1 aliphatic rings. The van der Waals surface area contributed by atoms with E-state index in [0.29, 0.717) is 23.8 Å². The van der Waals surface area contributed by atoms with Crippen LogP contribution in [-0.2, 0) is 9.59 Å². The molecule has 0 bridgehead atoms. The molecule has 5 nitrogen and oxygen atoms in total. The lowest BCUT2D eigenvalue weighted by Crippen LogP contribution is -2.19. The summed E-state index contributed by atoms with van der Waals surface area (Å²) in [6, 6.07) is 3.43. The zero-order chi connectivity index (χ0) is 14.4. The molecule has 0 saturated carbocycles. The molecular weight excluding hydrogens is 254 g/mol. The number of nitrogens with one attached hydrogen (secondary N) is 2. The van der Waals surface area contributed by atoms with Crippen LogP contribution in [0.1, 0.15) is 32.6 Å². The van der Waals surface area contributed by atoms with Gasteiger partial charge in [-0.2, -0.15) is 0 Å². The average Bonchev–Trinajstić information content (AvgIpc) is 2.41. The molecule has 0 aromatic carbocycles. The molecule has 5 heteroatoms. The quantitative estimate of drug-likeness (QED) is 0.829. The molecule has 1 atom stereocenters. The van der Waals surface area contributed by atoms with Crippen molar-refractivity contribution < 1.29 is 9.59 Å². The number of hydrogen-bond acceptors (Lipinski definition) is 3. The third kappa shape index (κ3) is 4.19. The van der Waals surface area contributed by atoms with E-state index in [1.807, 2.05) is 0 Å². The number of carbonyl (C=O) groups is 2. The molecule has 0 spiro atoms. The Morgan fingerprint density at radius 3 is 2.95 bits per heavy atom. The Kier molecular flexibility index (Phi) is 4.87. The zero-order valence-corrected chi connectivity index (χ0v) is 11.6. The van der Waals surface area contributed by atoms with Crippen molar-refractivity contribution in [1.29, 1.82) is 0 Å². The molecule has 0 saturated heterocycles. The van der Waals surface area contributed by atoms with Crippen LogP contribution in [0.25, 0.3) is 0 Å². The molecule has 1 aliphatic carbocycles. The van der Waals surface area contributed by atoms with Gasteiger partial charge in [-0.3, -0.25) is 9.59 Å². The molecule has 1 aromatic heterocycles. The van der Waals surface area contributed by atoms with Crippen molar-refractivity contribution in [2.45, 2.75) is 32.6 Å². The molecule has 0 radical (unpaired) electrons. The maximum absolute atomic E-state index is 12.0. The van der Waals surface area contributed by atoms with Gasteiger partial charge in [0.25, 0.3) is 0 Å². The lowest BCUT2D eigenvalue weighted by molar-refractivity contribution is -0.117. The number of carbonyl (C=O) groups excluding carboxylic acids is 2. The summed E-state index contributed by atoms with van der Waals surface area (Å²) in [6.07, 6.45) is 9.56. The van der Waals surface area contributed by atoms with E-state index < -0.39 is 0 Å². The highest BCUT2D eigenvalue weighted by molar-refractivity contribution is 5.97. The maximum Gasteiger partial charge on any atom is 0.226 e. The van der Waals surface area contributed by atoms with Gasteiger partial charge in [0, 0.05) is 19.5 Å². The van der Waals surface area contributed by atoms with Crippen LogP contribution in [0.15, 0.2) is 30.5 Å². The molecule has 1 unspecified atom stereocenters. The first-order chi connectivity index (χ1) is 9.65. The van der Waals surface area contributed by atoms with Crippen molar-refractivity contribution >= 4 is 23.3 Å². The van der Waals surface area contributed by atoms with Crippen molar-refractivity contribution in [3.8, 4) is 0 Å². The highest BCUT2D eigenvalue weighted by Gasteiger charge is 2.15. The largest absolute Gasteiger partial charge is 0.323 e. The first-order valence-corrected chi connectivity index (χ1v) is 6.84. The molecule has 106 valence electrons. The van der Waals surface area contributed by atoms with Crippen molar-refractivity contribution in [2.24, 2.45) is 5.92 Å². The van der Waals surface area contributed by atoms with Gasteiger partial charge in [-0.1, -0.05) is 12.2 Å². The fourth-order valence-electron chi connectivity index (χ4n) is 2.27. The number of aromatic nitrogens is 1. The first-order valence-electron chi connectivity index (χ1n) is 6.84. The first kappa shape index (κ1) is 14.2. The van der Waals surface area contributed by atoms with Crippen molar-refractivity contribution in [1.82, 2.24) is 4.98 Å². The Morgan fingerprint density at radius 2 is 2.25 bits per heavy atom. The van der Waals surface area contributed by atoms with Crippen LogP contribution in [0, 0.1) is 5.92 Å². The van der Waals surface area contributed by atoms with Crippen LogP contribution in [0.3, 0.4) is 0 Å². The third-order valence-corrected chi connectivity index (χ3v) is 3.18. The van der Waals surface area contributed by atoms with E-state index >= 15 is 0 Å². The van der Waals surface area contributed by atoms with Gasteiger partial charge < -0.3 is 10.6 Å². The van der Waals surface area contributed by atoms with E-state index in [9.17, 15) is 9.59 Å². The van der Waals surface area contributed by atoms with Crippen LogP contribution in [0.4, 0.5) is 11.5 Å². The van der Waals surface area contributed by atoms with Gasteiger partial charge in [-0.05, 0) is 37.3 Å². The Balaban J connectivity index is 1.98. The van der Waals surface area contributed by atoms with Crippen molar-refractivity contribution in [2.75, 3.05) is 10.6 Å². The average molecular weight is 273 g/mol. The van der Waals surface area contributed by atoms with Gasteiger partial charge in [-0.25, -0.2) is 4.98 Å². The van der Waals surface area contributed by atoms with Crippen LogP contribution in [0.5, 0.6) is 0 Å². The van der Waals surface area contributed by atoms with Gasteiger partial charge in [0.15, 0.2) is 5.82 Å². The van der Waals surface area contributed by atoms with Crippen LogP contribution in [-0.4, -0.2) is 16.8 Å². The van der Waals surface area contributed by atoms with Gasteiger partial charge in [0.2, 0.25) is 11.8 Å². The summed E-state index contributed by atoms with van der Waals surface area (Å²) >= 11 is 0. The SMILES string of the molecule is CC(=O)Nc1cccnc1NC(=O)CC1C=CCCC1.